The van der Waals surface area contributed by atoms with Gasteiger partial charge in [0.15, 0.2) is 0 Å². The third-order valence-electron chi connectivity index (χ3n) is 3.12. The molecule has 2 N–H and O–H groups in total. The lowest BCUT2D eigenvalue weighted by atomic mass is 10.1. The summed E-state index contributed by atoms with van der Waals surface area (Å²) in [4.78, 5) is 4.32. The van der Waals surface area contributed by atoms with Crippen LogP contribution in [-0.4, -0.2) is 12.1 Å². The van der Waals surface area contributed by atoms with E-state index in [0.29, 0.717) is 6.61 Å². The zero-order chi connectivity index (χ0) is 14.4. The van der Waals surface area contributed by atoms with Crippen molar-refractivity contribution < 1.29 is 9.47 Å². The summed E-state index contributed by atoms with van der Waals surface area (Å²) in [5.74, 6) is 1.56. The molecule has 0 amide bonds. The van der Waals surface area contributed by atoms with Gasteiger partial charge in [-0.1, -0.05) is 19.1 Å². The molecular weight excluding hydrogens is 252 g/mol. The van der Waals surface area contributed by atoms with E-state index in [-0.39, 0.29) is 6.04 Å². The number of aromatic nitrogens is 1. The summed E-state index contributed by atoms with van der Waals surface area (Å²) in [5, 5.41) is 0. The smallest absolute Gasteiger partial charge is 0.138 e. The molecule has 0 bridgehead atoms. The average Bonchev–Trinajstić information content (AvgIpc) is 2.53. The van der Waals surface area contributed by atoms with Gasteiger partial charge < -0.3 is 15.2 Å². The first-order chi connectivity index (χ1) is 9.72. The van der Waals surface area contributed by atoms with E-state index in [1.165, 1.54) is 0 Å². The fourth-order valence-corrected chi connectivity index (χ4v) is 1.83. The van der Waals surface area contributed by atoms with Crippen LogP contribution >= 0.6 is 0 Å². The second-order valence-electron chi connectivity index (χ2n) is 4.57. The summed E-state index contributed by atoms with van der Waals surface area (Å²) in [6, 6.07) is 11.6. The molecule has 0 saturated carbocycles. The van der Waals surface area contributed by atoms with Gasteiger partial charge in [0.05, 0.1) is 19.0 Å². The Kier molecular flexibility index (Phi) is 4.96. The molecule has 0 radical (unpaired) electrons. The predicted octanol–water partition coefficient (Wildman–Crippen LogP) is 3.08. The Morgan fingerprint density at radius 1 is 1.20 bits per heavy atom. The lowest BCUT2D eigenvalue weighted by Gasteiger charge is -2.10. The molecule has 2 aromatic rings. The predicted molar refractivity (Wildman–Crippen MR) is 78.8 cm³/mol. The van der Waals surface area contributed by atoms with Crippen LogP contribution in [0.1, 0.15) is 30.6 Å². The van der Waals surface area contributed by atoms with Gasteiger partial charge in [0.1, 0.15) is 18.1 Å². The SMILES string of the molecule is CC[C@@H](N)c1ccc(OCc2cccc(OC)c2)cn1. The maximum absolute atomic E-state index is 5.92. The van der Waals surface area contributed by atoms with Crippen LogP contribution in [0.25, 0.3) is 0 Å². The van der Waals surface area contributed by atoms with Crippen LogP contribution in [0.2, 0.25) is 0 Å². The van der Waals surface area contributed by atoms with Gasteiger partial charge >= 0.3 is 0 Å². The highest BCUT2D eigenvalue weighted by molar-refractivity contribution is 5.29. The minimum atomic E-state index is -0.0116. The summed E-state index contributed by atoms with van der Waals surface area (Å²) >= 11 is 0. The molecule has 1 aromatic carbocycles. The van der Waals surface area contributed by atoms with Crippen LogP contribution < -0.4 is 15.2 Å². The average molecular weight is 272 g/mol. The Balaban J connectivity index is 1.96. The first kappa shape index (κ1) is 14.3. The third-order valence-corrected chi connectivity index (χ3v) is 3.12. The Bertz CT molecular complexity index is 540. The van der Waals surface area contributed by atoms with E-state index in [0.717, 1.165) is 29.2 Å². The molecule has 2 rings (SSSR count). The molecule has 0 saturated heterocycles. The van der Waals surface area contributed by atoms with Crippen molar-refractivity contribution in [2.75, 3.05) is 7.11 Å². The first-order valence-electron chi connectivity index (χ1n) is 6.70. The van der Waals surface area contributed by atoms with E-state index in [4.69, 9.17) is 15.2 Å². The second-order valence-corrected chi connectivity index (χ2v) is 4.57. The number of pyridine rings is 1. The van der Waals surface area contributed by atoms with E-state index in [1.54, 1.807) is 13.3 Å². The van der Waals surface area contributed by atoms with Gasteiger partial charge in [-0.15, -0.1) is 0 Å². The zero-order valence-corrected chi connectivity index (χ0v) is 11.9. The fourth-order valence-electron chi connectivity index (χ4n) is 1.83. The number of nitrogens with two attached hydrogens (primary N) is 1. The highest BCUT2D eigenvalue weighted by Crippen LogP contribution is 2.18. The Labute approximate surface area is 119 Å². The molecule has 20 heavy (non-hydrogen) atoms. The quantitative estimate of drug-likeness (QED) is 0.878. The highest BCUT2D eigenvalue weighted by atomic mass is 16.5. The largest absolute Gasteiger partial charge is 0.497 e. The van der Waals surface area contributed by atoms with Crippen molar-refractivity contribution in [3.8, 4) is 11.5 Å². The van der Waals surface area contributed by atoms with Crippen LogP contribution in [0, 0.1) is 0 Å². The molecule has 1 heterocycles. The molecule has 4 heteroatoms. The van der Waals surface area contributed by atoms with Crippen LogP contribution in [-0.2, 0) is 6.61 Å². The van der Waals surface area contributed by atoms with Crippen LogP contribution in [0.5, 0.6) is 11.5 Å². The number of rotatable bonds is 6. The fraction of sp³-hybridized carbons (Fsp3) is 0.312. The second kappa shape index (κ2) is 6.91. The van der Waals surface area contributed by atoms with Crippen molar-refractivity contribution in [1.29, 1.82) is 0 Å². The molecule has 0 spiro atoms. The van der Waals surface area contributed by atoms with E-state index in [9.17, 15) is 0 Å². The Morgan fingerprint density at radius 3 is 2.70 bits per heavy atom. The van der Waals surface area contributed by atoms with Crippen molar-refractivity contribution in [3.63, 3.8) is 0 Å². The molecule has 0 unspecified atom stereocenters. The molecule has 0 fully saturated rings. The van der Waals surface area contributed by atoms with Crippen molar-refractivity contribution >= 4 is 0 Å². The van der Waals surface area contributed by atoms with Crippen molar-refractivity contribution in [3.05, 3.63) is 53.9 Å². The van der Waals surface area contributed by atoms with Crippen LogP contribution in [0.4, 0.5) is 0 Å². The van der Waals surface area contributed by atoms with Gasteiger partial charge in [0, 0.05) is 6.04 Å². The van der Waals surface area contributed by atoms with Crippen LogP contribution in [0.15, 0.2) is 42.6 Å². The summed E-state index contributed by atoms with van der Waals surface area (Å²) in [7, 11) is 1.65. The molecule has 4 nitrogen and oxygen atoms in total. The number of benzene rings is 1. The minimum absolute atomic E-state index is 0.0116. The Morgan fingerprint density at radius 2 is 2.05 bits per heavy atom. The first-order valence-corrected chi connectivity index (χ1v) is 6.70. The molecule has 1 atom stereocenters. The highest BCUT2D eigenvalue weighted by Gasteiger charge is 2.05. The molecule has 1 aromatic heterocycles. The van der Waals surface area contributed by atoms with E-state index in [2.05, 4.69) is 4.98 Å². The van der Waals surface area contributed by atoms with Crippen molar-refractivity contribution in [2.45, 2.75) is 26.0 Å². The van der Waals surface area contributed by atoms with E-state index < -0.39 is 0 Å². The number of hydrogen-bond acceptors (Lipinski definition) is 4. The number of hydrogen-bond donors (Lipinski definition) is 1. The van der Waals surface area contributed by atoms with Gasteiger partial charge in [-0.25, -0.2) is 0 Å². The maximum Gasteiger partial charge on any atom is 0.138 e. The van der Waals surface area contributed by atoms with Crippen LogP contribution in [0.3, 0.4) is 0 Å². The summed E-state index contributed by atoms with van der Waals surface area (Å²) in [5.41, 5.74) is 7.87. The summed E-state index contributed by atoms with van der Waals surface area (Å²) in [6.45, 7) is 2.53. The van der Waals surface area contributed by atoms with Gasteiger partial charge in [0.25, 0.3) is 0 Å². The van der Waals surface area contributed by atoms with Crippen molar-refractivity contribution in [1.82, 2.24) is 4.98 Å². The van der Waals surface area contributed by atoms with Gasteiger partial charge in [-0.3, -0.25) is 4.98 Å². The van der Waals surface area contributed by atoms with E-state index in [1.807, 2.05) is 43.3 Å². The molecule has 106 valence electrons. The monoisotopic (exact) mass is 272 g/mol. The molecule has 0 aliphatic carbocycles. The van der Waals surface area contributed by atoms with Crippen molar-refractivity contribution in [2.24, 2.45) is 5.73 Å². The lowest BCUT2D eigenvalue weighted by molar-refractivity contribution is 0.303. The van der Waals surface area contributed by atoms with Gasteiger partial charge in [-0.05, 0) is 36.2 Å². The number of nitrogens with zero attached hydrogens (tertiary/aromatic N) is 1. The minimum Gasteiger partial charge on any atom is -0.497 e. The summed E-state index contributed by atoms with van der Waals surface area (Å²) in [6.07, 6.45) is 2.59. The van der Waals surface area contributed by atoms with E-state index >= 15 is 0 Å². The Hall–Kier alpha value is -2.07. The zero-order valence-electron chi connectivity index (χ0n) is 11.9. The number of ether oxygens (including phenoxy) is 2. The van der Waals surface area contributed by atoms with Gasteiger partial charge in [-0.2, -0.15) is 0 Å². The molecule has 0 aliphatic heterocycles. The molecule has 0 aliphatic rings. The standard InChI is InChI=1S/C16H20N2O2/c1-3-15(17)16-8-7-14(10-18-16)20-11-12-5-4-6-13(9-12)19-2/h4-10,15H,3,11,17H2,1-2H3/t15-/m1/s1. The summed E-state index contributed by atoms with van der Waals surface area (Å²) < 4.78 is 10.9. The normalized spacial score (nSPS) is 11.9. The number of methoxy groups -OCH3 is 1. The third kappa shape index (κ3) is 3.71. The topological polar surface area (TPSA) is 57.4 Å². The lowest BCUT2D eigenvalue weighted by Crippen LogP contribution is -2.10. The van der Waals surface area contributed by atoms with Gasteiger partial charge in [0.2, 0.25) is 0 Å². The maximum atomic E-state index is 5.92. The molecular formula is C16H20N2O2.